The highest BCUT2D eigenvalue weighted by Crippen LogP contribution is 2.25. The molecule has 128 valence electrons. The van der Waals surface area contributed by atoms with Crippen LogP contribution in [0.25, 0.3) is 0 Å². The number of thioether (sulfide) groups is 1. The van der Waals surface area contributed by atoms with E-state index in [1.54, 1.807) is 22.7 Å². The Morgan fingerprint density at radius 2 is 2.08 bits per heavy atom. The number of carbonyl (C=O) groups is 1. The van der Waals surface area contributed by atoms with Crippen molar-refractivity contribution in [2.24, 2.45) is 5.92 Å². The van der Waals surface area contributed by atoms with E-state index in [0.717, 1.165) is 18.1 Å². The summed E-state index contributed by atoms with van der Waals surface area (Å²) in [6.07, 6.45) is 2.01. The van der Waals surface area contributed by atoms with Crippen molar-refractivity contribution in [1.82, 2.24) is 15.8 Å². The third-order valence-corrected chi connectivity index (χ3v) is 4.84. The molecule has 2 N–H and O–H groups in total. The van der Waals surface area contributed by atoms with Gasteiger partial charge in [0.15, 0.2) is 5.76 Å². The maximum Gasteiger partial charge on any atom is 0.289 e. The smallest absolute Gasteiger partial charge is 0.289 e. The Labute approximate surface area is 146 Å². The van der Waals surface area contributed by atoms with Gasteiger partial charge >= 0.3 is 0 Å². The highest BCUT2D eigenvalue weighted by molar-refractivity contribution is 7.97. The van der Waals surface area contributed by atoms with Crippen LogP contribution in [0, 0.1) is 5.92 Å². The quantitative estimate of drug-likeness (QED) is 0.843. The van der Waals surface area contributed by atoms with Crippen molar-refractivity contribution in [2.45, 2.75) is 11.8 Å². The van der Waals surface area contributed by atoms with E-state index in [1.807, 2.05) is 37.6 Å². The van der Waals surface area contributed by atoms with E-state index in [0.29, 0.717) is 18.2 Å². The second kappa shape index (κ2) is 7.88. The van der Waals surface area contributed by atoms with Gasteiger partial charge in [-0.05, 0) is 24.0 Å². The molecule has 2 unspecified atom stereocenters. The molecule has 0 aliphatic carbocycles. The molecule has 3 rings (SSSR count). The van der Waals surface area contributed by atoms with Crippen molar-refractivity contribution in [3.63, 3.8) is 0 Å². The summed E-state index contributed by atoms with van der Waals surface area (Å²) in [5.41, 5.74) is 7.76. The van der Waals surface area contributed by atoms with Crippen LogP contribution in [0.15, 0.2) is 46.9 Å². The van der Waals surface area contributed by atoms with E-state index < -0.39 is 0 Å². The standard InChI is InChI=1S/C18H23N3O2S/c1-21(18(22)16-9-8-15(23-16)12-24-2)11-14-10-19-20-17(14)13-6-4-3-5-7-13/h3-9,14,17,19-20H,10-12H2,1-2H3. The first-order chi connectivity index (χ1) is 11.7. The van der Waals surface area contributed by atoms with Gasteiger partial charge in [0.1, 0.15) is 5.76 Å². The molecule has 0 saturated carbocycles. The zero-order chi connectivity index (χ0) is 16.9. The molecule has 2 atom stereocenters. The lowest BCUT2D eigenvalue weighted by atomic mass is 9.94. The number of rotatable bonds is 6. The van der Waals surface area contributed by atoms with E-state index in [4.69, 9.17) is 4.42 Å². The second-order valence-electron chi connectivity index (χ2n) is 6.06. The fourth-order valence-electron chi connectivity index (χ4n) is 3.06. The van der Waals surface area contributed by atoms with E-state index in [1.165, 1.54) is 5.56 Å². The van der Waals surface area contributed by atoms with E-state index in [2.05, 4.69) is 23.0 Å². The molecular weight excluding hydrogens is 322 g/mol. The Morgan fingerprint density at radius 3 is 2.83 bits per heavy atom. The minimum Gasteiger partial charge on any atom is -0.455 e. The second-order valence-corrected chi connectivity index (χ2v) is 6.92. The summed E-state index contributed by atoms with van der Waals surface area (Å²) in [5, 5.41) is 0. The molecule has 2 heterocycles. The lowest BCUT2D eigenvalue weighted by Gasteiger charge is -2.24. The van der Waals surface area contributed by atoms with Gasteiger partial charge in [-0.2, -0.15) is 11.8 Å². The van der Waals surface area contributed by atoms with Crippen LogP contribution in [-0.2, 0) is 5.75 Å². The van der Waals surface area contributed by atoms with Gasteiger partial charge in [0, 0.05) is 26.1 Å². The largest absolute Gasteiger partial charge is 0.455 e. The predicted octanol–water partition coefficient (Wildman–Crippen LogP) is 2.68. The molecule has 1 aromatic carbocycles. The molecule has 5 nitrogen and oxygen atoms in total. The predicted molar refractivity (Wildman–Crippen MR) is 96.7 cm³/mol. The summed E-state index contributed by atoms with van der Waals surface area (Å²) in [4.78, 5) is 14.3. The van der Waals surface area contributed by atoms with Crippen LogP contribution in [0.5, 0.6) is 0 Å². The van der Waals surface area contributed by atoms with Crippen molar-refractivity contribution in [3.05, 3.63) is 59.5 Å². The molecule has 6 heteroatoms. The van der Waals surface area contributed by atoms with Crippen molar-refractivity contribution in [3.8, 4) is 0 Å². The minimum atomic E-state index is -0.0685. The maximum absolute atomic E-state index is 12.6. The van der Waals surface area contributed by atoms with Crippen molar-refractivity contribution >= 4 is 17.7 Å². The monoisotopic (exact) mass is 345 g/mol. The van der Waals surface area contributed by atoms with Gasteiger partial charge < -0.3 is 9.32 Å². The fraction of sp³-hybridized carbons (Fsp3) is 0.389. The van der Waals surface area contributed by atoms with Crippen LogP contribution in [0.4, 0.5) is 0 Å². The summed E-state index contributed by atoms with van der Waals surface area (Å²) >= 11 is 1.68. The summed E-state index contributed by atoms with van der Waals surface area (Å²) in [7, 11) is 1.83. The SMILES string of the molecule is CSCc1ccc(C(=O)N(C)CC2CNNC2c2ccccc2)o1. The molecule has 0 bridgehead atoms. The normalized spacial score (nSPS) is 20.2. The average molecular weight is 345 g/mol. The Morgan fingerprint density at radius 1 is 1.29 bits per heavy atom. The third kappa shape index (κ3) is 3.83. The fourth-order valence-corrected chi connectivity index (χ4v) is 3.50. The molecular formula is C18H23N3O2S. The first-order valence-electron chi connectivity index (χ1n) is 8.05. The summed E-state index contributed by atoms with van der Waals surface area (Å²) in [6.45, 7) is 1.49. The van der Waals surface area contributed by atoms with Gasteiger partial charge in [-0.15, -0.1) is 0 Å². The lowest BCUT2D eigenvalue weighted by molar-refractivity contribution is 0.0738. The molecule has 1 amide bonds. The molecule has 24 heavy (non-hydrogen) atoms. The zero-order valence-electron chi connectivity index (χ0n) is 14.0. The minimum absolute atomic E-state index is 0.0685. The zero-order valence-corrected chi connectivity index (χ0v) is 14.8. The maximum atomic E-state index is 12.6. The van der Waals surface area contributed by atoms with Crippen LogP contribution in [0.3, 0.4) is 0 Å². The Hall–Kier alpha value is -1.76. The number of hydrogen-bond acceptors (Lipinski definition) is 5. The number of benzene rings is 1. The number of furan rings is 1. The first-order valence-corrected chi connectivity index (χ1v) is 9.45. The number of carbonyl (C=O) groups excluding carboxylic acids is 1. The van der Waals surface area contributed by atoms with Crippen LogP contribution in [-0.4, -0.2) is 37.2 Å². The Kier molecular flexibility index (Phi) is 5.60. The van der Waals surface area contributed by atoms with Gasteiger partial charge in [0.2, 0.25) is 0 Å². The van der Waals surface area contributed by atoms with Crippen LogP contribution in [0.1, 0.15) is 27.9 Å². The molecule has 0 radical (unpaired) electrons. The van der Waals surface area contributed by atoms with Crippen LogP contribution < -0.4 is 10.9 Å². The van der Waals surface area contributed by atoms with E-state index >= 15 is 0 Å². The molecule has 1 fully saturated rings. The van der Waals surface area contributed by atoms with Gasteiger partial charge in [-0.25, -0.2) is 5.43 Å². The van der Waals surface area contributed by atoms with Crippen LogP contribution in [0.2, 0.25) is 0 Å². The molecule has 2 aromatic rings. The summed E-state index contributed by atoms with van der Waals surface area (Å²) < 4.78 is 5.64. The van der Waals surface area contributed by atoms with Crippen molar-refractivity contribution in [1.29, 1.82) is 0 Å². The molecule has 1 aromatic heterocycles. The lowest BCUT2D eigenvalue weighted by Crippen LogP contribution is -2.34. The molecule has 1 saturated heterocycles. The average Bonchev–Trinajstić information content (AvgIpc) is 3.25. The van der Waals surface area contributed by atoms with E-state index in [9.17, 15) is 4.79 Å². The van der Waals surface area contributed by atoms with Crippen LogP contribution >= 0.6 is 11.8 Å². The van der Waals surface area contributed by atoms with Gasteiger partial charge in [0.05, 0.1) is 11.8 Å². The first kappa shape index (κ1) is 17.1. The number of hydrogen-bond donors (Lipinski definition) is 2. The molecule has 1 aliphatic rings. The summed E-state index contributed by atoms with van der Waals surface area (Å²) in [6, 6.07) is 14.2. The molecule has 1 aliphatic heterocycles. The highest BCUT2D eigenvalue weighted by Gasteiger charge is 2.30. The number of hydrazine groups is 1. The number of nitrogens with zero attached hydrogens (tertiary/aromatic N) is 1. The number of nitrogens with one attached hydrogen (secondary N) is 2. The Balaban J connectivity index is 1.64. The van der Waals surface area contributed by atoms with Gasteiger partial charge in [-0.1, -0.05) is 30.3 Å². The number of amides is 1. The third-order valence-electron chi connectivity index (χ3n) is 4.27. The topological polar surface area (TPSA) is 57.5 Å². The van der Waals surface area contributed by atoms with Crippen molar-refractivity contribution in [2.75, 3.05) is 26.4 Å². The van der Waals surface area contributed by atoms with Crippen molar-refractivity contribution < 1.29 is 9.21 Å². The van der Waals surface area contributed by atoms with Gasteiger partial charge in [0.25, 0.3) is 5.91 Å². The summed E-state index contributed by atoms with van der Waals surface area (Å²) in [5.74, 6) is 2.27. The molecule has 0 spiro atoms. The van der Waals surface area contributed by atoms with Gasteiger partial charge in [-0.3, -0.25) is 10.2 Å². The Bertz CT molecular complexity index is 674. The highest BCUT2D eigenvalue weighted by atomic mass is 32.2. The van der Waals surface area contributed by atoms with E-state index in [-0.39, 0.29) is 11.9 Å².